The molecule has 6 nitrogen and oxygen atoms in total. The molecule has 1 aliphatic heterocycles. The van der Waals surface area contributed by atoms with Gasteiger partial charge in [-0.15, -0.1) is 0 Å². The Morgan fingerprint density at radius 1 is 1.32 bits per heavy atom. The van der Waals surface area contributed by atoms with Crippen LogP contribution in [-0.4, -0.2) is 41.8 Å². The topological polar surface area (TPSA) is 90.6 Å². The number of piperidine rings is 1. The minimum absolute atomic E-state index is 0.265. The Morgan fingerprint density at radius 3 is 2.36 bits per heavy atom. The van der Waals surface area contributed by atoms with Gasteiger partial charge in [-0.05, 0) is 36.0 Å². The van der Waals surface area contributed by atoms with Crippen LogP contribution in [0, 0.1) is 16.7 Å². The van der Waals surface area contributed by atoms with E-state index in [1.54, 1.807) is 24.3 Å². The van der Waals surface area contributed by atoms with Crippen molar-refractivity contribution in [2.45, 2.75) is 45.1 Å². The number of carbonyl (C=O) groups excluding carboxylic acids is 1. The third kappa shape index (κ3) is 3.60. The summed E-state index contributed by atoms with van der Waals surface area (Å²) in [5, 5.41) is 19.4. The molecule has 6 heteroatoms. The van der Waals surface area contributed by atoms with Gasteiger partial charge in [-0.1, -0.05) is 32.9 Å². The third-order valence-corrected chi connectivity index (χ3v) is 5.02. The molecular weight excluding hydrogens is 320 g/mol. The standard InChI is InChI=1S/C19H24N2O4/c1-18(2,3)15-11-19(12-20,9-10-21(15)17(23)24)14-7-5-13(6-8-14)16(22)25-4/h5-8,15H,9-11H2,1-4H3,(H,23,24). The molecule has 0 radical (unpaired) electrons. The summed E-state index contributed by atoms with van der Waals surface area (Å²) in [6.07, 6.45) is -0.0934. The molecule has 1 aromatic carbocycles. The van der Waals surface area contributed by atoms with Gasteiger partial charge in [0.25, 0.3) is 0 Å². The highest BCUT2D eigenvalue weighted by atomic mass is 16.5. The number of hydrogen-bond donors (Lipinski definition) is 1. The van der Waals surface area contributed by atoms with Crippen molar-refractivity contribution in [2.75, 3.05) is 13.7 Å². The largest absolute Gasteiger partial charge is 0.465 e. The van der Waals surface area contributed by atoms with Crippen LogP contribution in [0.4, 0.5) is 4.79 Å². The maximum Gasteiger partial charge on any atom is 0.407 e. The van der Waals surface area contributed by atoms with Crippen molar-refractivity contribution in [1.29, 1.82) is 5.26 Å². The molecule has 1 amide bonds. The van der Waals surface area contributed by atoms with Gasteiger partial charge in [-0.3, -0.25) is 0 Å². The van der Waals surface area contributed by atoms with E-state index in [4.69, 9.17) is 4.74 Å². The summed E-state index contributed by atoms with van der Waals surface area (Å²) in [6, 6.07) is 8.99. The minimum Gasteiger partial charge on any atom is -0.465 e. The quantitative estimate of drug-likeness (QED) is 0.830. The number of carboxylic acid groups (broad SMARTS) is 1. The van der Waals surface area contributed by atoms with E-state index in [-0.39, 0.29) is 11.5 Å². The summed E-state index contributed by atoms with van der Waals surface area (Å²) in [4.78, 5) is 24.6. The number of nitriles is 1. The highest BCUT2D eigenvalue weighted by Crippen LogP contribution is 2.43. The number of ether oxygens (including phenoxy) is 1. The molecule has 1 aliphatic rings. The number of hydrogen-bond acceptors (Lipinski definition) is 4. The molecule has 0 spiro atoms. The first-order chi connectivity index (χ1) is 11.6. The van der Waals surface area contributed by atoms with Crippen molar-refractivity contribution in [1.82, 2.24) is 4.90 Å². The van der Waals surface area contributed by atoms with Crippen LogP contribution in [0.2, 0.25) is 0 Å². The van der Waals surface area contributed by atoms with Gasteiger partial charge in [0.05, 0.1) is 24.2 Å². The fourth-order valence-corrected chi connectivity index (χ4v) is 3.48. The Hall–Kier alpha value is -2.55. The molecule has 25 heavy (non-hydrogen) atoms. The zero-order chi connectivity index (χ0) is 18.8. The van der Waals surface area contributed by atoms with E-state index in [1.807, 2.05) is 20.8 Å². The van der Waals surface area contributed by atoms with Crippen molar-refractivity contribution in [3.8, 4) is 6.07 Å². The molecule has 1 fully saturated rings. The number of benzene rings is 1. The molecule has 0 aromatic heterocycles. The van der Waals surface area contributed by atoms with Crippen LogP contribution in [-0.2, 0) is 10.2 Å². The molecule has 0 aliphatic carbocycles. The molecular formula is C19H24N2O4. The fourth-order valence-electron chi connectivity index (χ4n) is 3.48. The lowest BCUT2D eigenvalue weighted by atomic mass is 9.66. The summed E-state index contributed by atoms with van der Waals surface area (Å²) < 4.78 is 4.70. The van der Waals surface area contributed by atoms with Crippen LogP contribution >= 0.6 is 0 Å². The van der Waals surface area contributed by atoms with E-state index in [9.17, 15) is 20.0 Å². The Morgan fingerprint density at radius 2 is 1.92 bits per heavy atom. The Bertz CT molecular complexity index is 700. The fraction of sp³-hybridized carbons (Fsp3) is 0.526. The van der Waals surface area contributed by atoms with Gasteiger partial charge < -0.3 is 14.7 Å². The molecule has 2 rings (SSSR count). The number of likely N-dealkylation sites (tertiary alicyclic amines) is 1. The smallest absolute Gasteiger partial charge is 0.407 e. The number of rotatable bonds is 2. The van der Waals surface area contributed by atoms with Crippen LogP contribution in [0.3, 0.4) is 0 Å². The van der Waals surface area contributed by atoms with Gasteiger partial charge in [0.1, 0.15) is 0 Å². The summed E-state index contributed by atoms with van der Waals surface area (Å²) in [5.74, 6) is -0.425. The lowest BCUT2D eigenvalue weighted by Gasteiger charge is -2.47. The summed E-state index contributed by atoms with van der Waals surface area (Å²) >= 11 is 0. The highest BCUT2D eigenvalue weighted by molar-refractivity contribution is 5.89. The number of amides is 1. The predicted octanol–water partition coefficient (Wildman–Crippen LogP) is 3.42. The van der Waals surface area contributed by atoms with Crippen LogP contribution in [0.15, 0.2) is 24.3 Å². The Balaban J connectivity index is 2.39. The monoisotopic (exact) mass is 344 g/mol. The van der Waals surface area contributed by atoms with Crippen LogP contribution in [0.25, 0.3) is 0 Å². The highest BCUT2D eigenvalue weighted by Gasteiger charge is 2.47. The Labute approximate surface area is 148 Å². The molecule has 1 heterocycles. The first-order valence-corrected chi connectivity index (χ1v) is 8.24. The van der Waals surface area contributed by atoms with Crippen LogP contribution in [0.5, 0.6) is 0 Å². The maximum absolute atomic E-state index is 11.6. The number of nitrogens with zero attached hydrogens (tertiary/aromatic N) is 2. The third-order valence-electron chi connectivity index (χ3n) is 5.02. The number of carbonyl (C=O) groups is 2. The molecule has 1 aromatic rings. The second kappa shape index (κ2) is 6.75. The van der Waals surface area contributed by atoms with Gasteiger partial charge in [0.2, 0.25) is 0 Å². The van der Waals surface area contributed by atoms with Gasteiger partial charge in [0.15, 0.2) is 0 Å². The summed E-state index contributed by atoms with van der Waals surface area (Å²) in [6.45, 7) is 6.27. The van der Waals surface area contributed by atoms with Gasteiger partial charge in [-0.25, -0.2) is 9.59 Å². The van der Waals surface area contributed by atoms with Gasteiger partial charge >= 0.3 is 12.1 Å². The van der Waals surface area contributed by atoms with Crippen molar-refractivity contribution in [2.24, 2.45) is 5.41 Å². The average Bonchev–Trinajstić information content (AvgIpc) is 2.59. The SMILES string of the molecule is COC(=O)c1ccc(C2(C#N)CCN(C(=O)O)C(C(C)(C)C)C2)cc1. The summed E-state index contributed by atoms with van der Waals surface area (Å²) in [7, 11) is 1.32. The minimum atomic E-state index is -0.951. The zero-order valence-electron chi connectivity index (χ0n) is 15.1. The molecule has 1 saturated heterocycles. The van der Waals surface area contributed by atoms with E-state index in [1.165, 1.54) is 12.0 Å². The molecule has 2 atom stereocenters. The molecule has 1 N–H and O–H groups in total. The second-order valence-electron chi connectivity index (χ2n) is 7.57. The predicted molar refractivity (Wildman–Crippen MR) is 92.3 cm³/mol. The lowest BCUT2D eigenvalue weighted by molar-refractivity contribution is 0.0412. The molecule has 134 valence electrons. The van der Waals surface area contributed by atoms with Crippen molar-refractivity contribution in [3.63, 3.8) is 0 Å². The van der Waals surface area contributed by atoms with E-state index >= 15 is 0 Å². The van der Waals surface area contributed by atoms with E-state index < -0.39 is 17.5 Å². The normalized spacial score (nSPS) is 23.6. The molecule has 0 bridgehead atoms. The van der Waals surface area contributed by atoms with Crippen LogP contribution < -0.4 is 0 Å². The number of esters is 1. The van der Waals surface area contributed by atoms with Gasteiger partial charge in [-0.2, -0.15) is 5.26 Å². The maximum atomic E-state index is 11.6. The zero-order valence-corrected chi connectivity index (χ0v) is 15.1. The van der Waals surface area contributed by atoms with E-state index in [2.05, 4.69) is 6.07 Å². The van der Waals surface area contributed by atoms with E-state index in [0.29, 0.717) is 24.9 Å². The average molecular weight is 344 g/mol. The van der Waals surface area contributed by atoms with Gasteiger partial charge in [0, 0.05) is 12.6 Å². The molecule has 2 unspecified atom stereocenters. The van der Waals surface area contributed by atoms with E-state index in [0.717, 1.165) is 5.56 Å². The first kappa shape index (κ1) is 18.8. The van der Waals surface area contributed by atoms with Crippen LogP contribution in [0.1, 0.15) is 49.5 Å². The van der Waals surface area contributed by atoms with Crippen molar-refractivity contribution < 1.29 is 19.4 Å². The Kier molecular flexibility index (Phi) is 5.07. The van der Waals surface area contributed by atoms with Crippen molar-refractivity contribution in [3.05, 3.63) is 35.4 Å². The molecule has 0 saturated carbocycles. The number of methoxy groups -OCH3 is 1. The first-order valence-electron chi connectivity index (χ1n) is 8.24. The summed E-state index contributed by atoms with van der Waals surface area (Å²) in [5.41, 5.74) is 0.183. The van der Waals surface area contributed by atoms with Crippen molar-refractivity contribution >= 4 is 12.1 Å². The second-order valence-corrected chi connectivity index (χ2v) is 7.57. The lowest BCUT2D eigenvalue weighted by Crippen LogP contribution is -2.55.